The summed E-state index contributed by atoms with van der Waals surface area (Å²) in [6.45, 7) is 15.1. The summed E-state index contributed by atoms with van der Waals surface area (Å²) in [4.78, 5) is 12.9. The zero-order valence-electron chi connectivity index (χ0n) is 15.1. The molecule has 1 aliphatic rings. The zero-order valence-corrected chi connectivity index (χ0v) is 17.1. The topological polar surface area (TPSA) is 51.1 Å². The fourth-order valence-corrected chi connectivity index (χ4v) is 4.41. The molecule has 7 heteroatoms. The summed E-state index contributed by atoms with van der Waals surface area (Å²) in [5.74, 6) is 0.709. The van der Waals surface area contributed by atoms with E-state index in [9.17, 15) is 4.79 Å². The van der Waals surface area contributed by atoms with Gasteiger partial charge in [0.25, 0.3) is 14.2 Å². The Hall–Kier alpha value is -1.61. The van der Waals surface area contributed by atoms with Crippen LogP contribution in [0.15, 0.2) is 23.4 Å². The number of carbonyl (C=O) groups excluding carboxylic acids is 1. The minimum absolute atomic E-state index is 0.0638. The van der Waals surface area contributed by atoms with Crippen molar-refractivity contribution in [2.45, 2.75) is 46.2 Å². The molecule has 0 saturated heterocycles. The number of carbonyl (C=O) groups is 1. The van der Waals surface area contributed by atoms with Crippen LogP contribution >= 0.6 is 0 Å². The molecule has 0 fully saturated rings. The molecule has 0 aliphatic carbocycles. The molecule has 0 unspecified atom stereocenters. The zero-order chi connectivity index (χ0) is 17.4. The number of rotatable bonds is 5. The normalized spacial score (nSPS) is 16.7. The molecule has 0 atom stereocenters. The SMILES string of the molecule is CCOc1ccc2c(c1)N([Si](C)(C)C)C(=O)/C2=N\O[Si](C)(C)C. The molecule has 1 amide bonds. The molecule has 1 aromatic carbocycles. The van der Waals surface area contributed by atoms with Gasteiger partial charge >= 0.3 is 0 Å². The van der Waals surface area contributed by atoms with Crippen molar-refractivity contribution < 1.29 is 14.1 Å². The van der Waals surface area contributed by atoms with E-state index in [2.05, 4.69) is 24.8 Å². The van der Waals surface area contributed by atoms with Gasteiger partial charge in [0.2, 0.25) is 0 Å². The van der Waals surface area contributed by atoms with Crippen molar-refractivity contribution in [2.75, 3.05) is 11.2 Å². The molecular weight excluding hydrogens is 324 g/mol. The first kappa shape index (κ1) is 17.7. The van der Waals surface area contributed by atoms with Crippen molar-refractivity contribution in [1.82, 2.24) is 0 Å². The summed E-state index contributed by atoms with van der Waals surface area (Å²) in [6.07, 6.45) is 0. The van der Waals surface area contributed by atoms with Crippen LogP contribution in [0, 0.1) is 0 Å². The molecule has 0 radical (unpaired) electrons. The first-order valence-corrected chi connectivity index (χ1v) is 14.8. The van der Waals surface area contributed by atoms with Gasteiger partial charge < -0.3 is 13.8 Å². The second-order valence-electron chi connectivity index (χ2n) is 7.57. The summed E-state index contributed by atoms with van der Waals surface area (Å²) in [7, 11) is -3.74. The van der Waals surface area contributed by atoms with Gasteiger partial charge in [-0.3, -0.25) is 4.79 Å². The number of hydrogen-bond acceptors (Lipinski definition) is 4. The molecule has 0 saturated carbocycles. The minimum atomic E-state index is -1.90. The molecule has 23 heavy (non-hydrogen) atoms. The summed E-state index contributed by atoms with van der Waals surface area (Å²) in [6, 6.07) is 5.73. The molecule has 0 spiro atoms. The largest absolute Gasteiger partial charge is 0.494 e. The number of ether oxygens (including phenoxy) is 1. The lowest BCUT2D eigenvalue weighted by Gasteiger charge is -2.30. The Morgan fingerprint density at radius 2 is 1.78 bits per heavy atom. The molecule has 0 aromatic heterocycles. The van der Waals surface area contributed by atoms with Crippen molar-refractivity contribution in [3.63, 3.8) is 0 Å². The fourth-order valence-electron chi connectivity index (χ4n) is 2.42. The van der Waals surface area contributed by atoms with Crippen LogP contribution in [0.2, 0.25) is 39.3 Å². The van der Waals surface area contributed by atoms with Gasteiger partial charge in [-0.25, -0.2) is 0 Å². The Morgan fingerprint density at radius 3 is 2.30 bits per heavy atom. The number of benzene rings is 1. The van der Waals surface area contributed by atoms with Crippen LogP contribution in [0.5, 0.6) is 5.75 Å². The maximum absolute atomic E-state index is 12.9. The Kier molecular flexibility index (Phi) is 4.72. The molecule has 0 N–H and O–H groups in total. The van der Waals surface area contributed by atoms with Crippen molar-refractivity contribution in [2.24, 2.45) is 5.16 Å². The Balaban J connectivity index is 2.53. The highest BCUT2D eigenvalue weighted by Gasteiger charge is 2.42. The van der Waals surface area contributed by atoms with Gasteiger partial charge in [0.15, 0.2) is 13.9 Å². The van der Waals surface area contributed by atoms with Crippen molar-refractivity contribution >= 4 is 33.9 Å². The van der Waals surface area contributed by atoms with Gasteiger partial charge in [0.1, 0.15) is 5.75 Å². The molecular formula is C16H26N2O3Si2. The summed E-state index contributed by atoms with van der Waals surface area (Å²) in [5, 5.41) is 4.22. The lowest BCUT2D eigenvalue weighted by molar-refractivity contribution is -0.111. The van der Waals surface area contributed by atoms with E-state index in [1.165, 1.54) is 0 Å². The first-order valence-electron chi connectivity index (χ1n) is 7.92. The number of fused-ring (bicyclic) bond motifs is 1. The van der Waals surface area contributed by atoms with Crippen LogP contribution in [-0.2, 0) is 9.32 Å². The van der Waals surface area contributed by atoms with Crippen LogP contribution < -0.4 is 9.30 Å². The molecule has 2 rings (SSSR count). The quantitative estimate of drug-likeness (QED) is 0.599. The molecule has 0 bridgehead atoms. The maximum atomic E-state index is 12.9. The number of anilines is 1. The van der Waals surface area contributed by atoms with Crippen LogP contribution in [0.25, 0.3) is 0 Å². The highest BCUT2D eigenvalue weighted by Crippen LogP contribution is 2.36. The Labute approximate surface area is 140 Å². The third-order valence-electron chi connectivity index (χ3n) is 3.26. The maximum Gasteiger partial charge on any atom is 0.278 e. The van der Waals surface area contributed by atoms with E-state index in [1.54, 1.807) is 0 Å². The summed E-state index contributed by atoms with van der Waals surface area (Å²) < 4.78 is 13.1. The van der Waals surface area contributed by atoms with Crippen molar-refractivity contribution in [3.8, 4) is 5.75 Å². The van der Waals surface area contributed by atoms with Crippen LogP contribution in [0.4, 0.5) is 5.69 Å². The van der Waals surface area contributed by atoms with Crippen molar-refractivity contribution in [1.29, 1.82) is 0 Å². The second-order valence-corrected chi connectivity index (χ2v) is 16.8. The Morgan fingerprint density at radius 1 is 1.13 bits per heavy atom. The third kappa shape index (κ3) is 3.84. The van der Waals surface area contributed by atoms with Gasteiger partial charge in [-0.05, 0) is 38.7 Å². The monoisotopic (exact) mass is 350 g/mol. The standard InChI is InChI=1S/C16H26N2O3Si2/c1-8-20-12-9-10-13-14(11-12)18(22(2,3)4)16(19)15(13)17-21-23(5,6)7/h9-11H,8H2,1-7H3/b17-15-. The van der Waals surface area contributed by atoms with E-state index in [0.717, 1.165) is 17.0 Å². The molecule has 1 heterocycles. The van der Waals surface area contributed by atoms with Crippen LogP contribution in [-0.4, -0.2) is 34.8 Å². The fraction of sp³-hybridized carbons (Fsp3) is 0.500. The smallest absolute Gasteiger partial charge is 0.278 e. The Bertz CT molecular complexity index is 646. The number of amides is 1. The summed E-state index contributed by atoms with van der Waals surface area (Å²) >= 11 is 0. The average molecular weight is 351 g/mol. The van der Waals surface area contributed by atoms with E-state index >= 15 is 0 Å². The molecule has 5 nitrogen and oxygen atoms in total. The second kappa shape index (κ2) is 6.12. The third-order valence-corrected chi connectivity index (χ3v) is 5.69. The van der Waals surface area contributed by atoms with Gasteiger partial charge in [-0.15, -0.1) is 0 Å². The van der Waals surface area contributed by atoms with Gasteiger partial charge in [0, 0.05) is 17.3 Å². The van der Waals surface area contributed by atoms with E-state index in [1.807, 2.05) is 49.3 Å². The lowest BCUT2D eigenvalue weighted by atomic mass is 10.1. The first-order chi connectivity index (χ1) is 10.5. The number of hydrogen-bond donors (Lipinski definition) is 0. The molecule has 126 valence electrons. The van der Waals surface area contributed by atoms with Gasteiger partial charge in [-0.1, -0.05) is 24.8 Å². The van der Waals surface area contributed by atoms with Gasteiger partial charge in [-0.2, -0.15) is 0 Å². The van der Waals surface area contributed by atoms with Crippen LogP contribution in [0.3, 0.4) is 0 Å². The predicted molar refractivity (Wildman–Crippen MR) is 99.4 cm³/mol. The highest BCUT2D eigenvalue weighted by molar-refractivity contribution is 6.87. The minimum Gasteiger partial charge on any atom is -0.494 e. The van der Waals surface area contributed by atoms with Crippen LogP contribution in [0.1, 0.15) is 12.5 Å². The number of nitrogens with zero attached hydrogens (tertiary/aromatic N) is 2. The number of oxime groups is 1. The summed E-state index contributed by atoms with van der Waals surface area (Å²) in [5.41, 5.74) is 2.13. The van der Waals surface area contributed by atoms with E-state index in [4.69, 9.17) is 9.26 Å². The predicted octanol–water partition coefficient (Wildman–Crippen LogP) is 3.82. The average Bonchev–Trinajstić information content (AvgIpc) is 2.66. The molecule has 1 aromatic rings. The van der Waals surface area contributed by atoms with E-state index in [-0.39, 0.29) is 5.91 Å². The highest BCUT2D eigenvalue weighted by atomic mass is 28.4. The molecule has 1 aliphatic heterocycles. The van der Waals surface area contributed by atoms with Crippen molar-refractivity contribution in [3.05, 3.63) is 23.8 Å². The lowest BCUT2D eigenvalue weighted by Crippen LogP contribution is -2.49. The van der Waals surface area contributed by atoms with E-state index < -0.39 is 16.6 Å². The van der Waals surface area contributed by atoms with E-state index in [0.29, 0.717) is 12.3 Å². The van der Waals surface area contributed by atoms with Gasteiger partial charge in [0.05, 0.1) is 6.61 Å².